The second-order valence-corrected chi connectivity index (χ2v) is 8.14. The number of carbonyl (C=O) groups excluding carboxylic acids is 3. The van der Waals surface area contributed by atoms with Crippen molar-refractivity contribution in [2.75, 3.05) is 0 Å². The summed E-state index contributed by atoms with van der Waals surface area (Å²) in [6, 6.07) is -5.29. The van der Waals surface area contributed by atoms with E-state index in [1.165, 1.54) is 0 Å². The molecule has 13 heteroatoms. The van der Waals surface area contributed by atoms with E-state index < -0.39 is 78.1 Å². The normalized spacial score (nSPS) is 15.5. The van der Waals surface area contributed by atoms with Crippen LogP contribution in [0.15, 0.2) is 0 Å². The van der Waals surface area contributed by atoms with Crippen LogP contribution < -0.4 is 21.7 Å². The summed E-state index contributed by atoms with van der Waals surface area (Å²) in [5.74, 6) is -7.46. The quantitative estimate of drug-likeness (QED) is 0.151. The predicted molar refractivity (Wildman–Crippen MR) is 115 cm³/mol. The lowest BCUT2D eigenvalue weighted by Gasteiger charge is -2.28. The minimum Gasteiger partial charge on any atom is -0.481 e. The molecule has 0 rings (SSSR count). The highest BCUT2D eigenvalue weighted by Crippen LogP contribution is 2.10. The van der Waals surface area contributed by atoms with Crippen LogP contribution >= 0.6 is 0 Å². The standard InChI is InChI=1S/C20H34N4O9/c1-5-10(4)16(24-17(29)11(21)6-7-13(25)26)19(31)22-12(8-14(27)28)18(30)23-15(9(2)3)20(32)33/h9-12,15-16H,5-8,21H2,1-4H3,(H,22,31)(H,23,30)(H,24,29)(H,25,26)(H,27,28)(H,32,33). The minimum atomic E-state index is -1.60. The molecule has 0 aliphatic heterocycles. The molecule has 0 saturated heterocycles. The van der Waals surface area contributed by atoms with Crippen LogP contribution in [0.4, 0.5) is 0 Å². The highest BCUT2D eigenvalue weighted by atomic mass is 16.4. The highest BCUT2D eigenvalue weighted by molar-refractivity contribution is 5.95. The Labute approximate surface area is 191 Å². The second-order valence-electron chi connectivity index (χ2n) is 8.14. The van der Waals surface area contributed by atoms with E-state index in [-0.39, 0.29) is 12.8 Å². The van der Waals surface area contributed by atoms with E-state index in [1.54, 1.807) is 27.7 Å². The summed E-state index contributed by atoms with van der Waals surface area (Å²) in [5.41, 5.74) is 5.68. The largest absolute Gasteiger partial charge is 0.481 e. The van der Waals surface area contributed by atoms with Gasteiger partial charge in [-0.05, 0) is 18.3 Å². The predicted octanol–water partition coefficient (Wildman–Crippen LogP) is -1.11. The number of nitrogens with one attached hydrogen (secondary N) is 3. The van der Waals surface area contributed by atoms with Gasteiger partial charge in [-0.2, -0.15) is 0 Å². The molecule has 0 radical (unpaired) electrons. The number of carbonyl (C=O) groups is 6. The van der Waals surface area contributed by atoms with Crippen molar-refractivity contribution >= 4 is 35.6 Å². The summed E-state index contributed by atoms with van der Waals surface area (Å²) in [6.07, 6.45) is -0.906. The Hall–Kier alpha value is -3.22. The summed E-state index contributed by atoms with van der Waals surface area (Å²) in [5, 5.41) is 34.0. The summed E-state index contributed by atoms with van der Waals surface area (Å²) in [4.78, 5) is 71.0. The number of nitrogens with two attached hydrogens (primary N) is 1. The van der Waals surface area contributed by atoms with Crippen LogP contribution in [0.1, 0.15) is 53.4 Å². The van der Waals surface area contributed by atoms with E-state index in [1.807, 2.05) is 0 Å². The minimum absolute atomic E-state index is 0.161. The maximum atomic E-state index is 12.9. The molecule has 0 aromatic rings. The van der Waals surface area contributed by atoms with Gasteiger partial charge in [0.25, 0.3) is 0 Å². The Morgan fingerprint density at radius 1 is 0.788 bits per heavy atom. The van der Waals surface area contributed by atoms with Crippen LogP contribution in [0.25, 0.3) is 0 Å². The molecular formula is C20H34N4O9. The zero-order valence-electron chi connectivity index (χ0n) is 19.2. The SMILES string of the molecule is CCC(C)C(NC(=O)C(N)CCC(=O)O)C(=O)NC(CC(=O)O)C(=O)NC(C(=O)O)C(C)C. The average Bonchev–Trinajstić information content (AvgIpc) is 2.71. The number of rotatable bonds is 15. The molecule has 0 bridgehead atoms. The summed E-state index contributed by atoms with van der Waals surface area (Å²) < 4.78 is 0. The Morgan fingerprint density at radius 3 is 1.76 bits per heavy atom. The number of hydrogen-bond donors (Lipinski definition) is 7. The molecule has 0 saturated carbocycles. The lowest BCUT2D eigenvalue weighted by Crippen LogP contribution is -2.59. The molecular weight excluding hydrogens is 440 g/mol. The molecule has 33 heavy (non-hydrogen) atoms. The third-order valence-electron chi connectivity index (χ3n) is 5.04. The summed E-state index contributed by atoms with van der Waals surface area (Å²) in [6.45, 7) is 6.47. The van der Waals surface area contributed by atoms with Crippen molar-refractivity contribution in [1.82, 2.24) is 16.0 Å². The zero-order valence-corrected chi connectivity index (χ0v) is 19.2. The number of carboxylic acids is 3. The molecule has 0 aliphatic rings. The number of amides is 3. The molecule has 5 atom stereocenters. The van der Waals surface area contributed by atoms with E-state index in [2.05, 4.69) is 16.0 Å². The third kappa shape index (κ3) is 10.8. The molecule has 3 amide bonds. The molecule has 13 nitrogen and oxygen atoms in total. The number of hydrogen-bond acceptors (Lipinski definition) is 7. The van der Waals surface area contributed by atoms with E-state index in [9.17, 15) is 33.9 Å². The van der Waals surface area contributed by atoms with Crippen molar-refractivity contribution in [3.63, 3.8) is 0 Å². The lowest BCUT2D eigenvalue weighted by molar-refractivity contribution is -0.144. The van der Waals surface area contributed by atoms with Gasteiger partial charge in [-0.15, -0.1) is 0 Å². The Morgan fingerprint density at radius 2 is 1.33 bits per heavy atom. The maximum Gasteiger partial charge on any atom is 0.326 e. The van der Waals surface area contributed by atoms with Gasteiger partial charge < -0.3 is 37.0 Å². The van der Waals surface area contributed by atoms with Crippen molar-refractivity contribution in [2.45, 2.75) is 77.5 Å². The van der Waals surface area contributed by atoms with Gasteiger partial charge in [0.1, 0.15) is 18.1 Å². The fraction of sp³-hybridized carbons (Fsp3) is 0.700. The van der Waals surface area contributed by atoms with Gasteiger partial charge in [0, 0.05) is 6.42 Å². The van der Waals surface area contributed by atoms with Crippen molar-refractivity contribution in [3.8, 4) is 0 Å². The first-order valence-corrected chi connectivity index (χ1v) is 10.5. The van der Waals surface area contributed by atoms with Crippen molar-refractivity contribution in [3.05, 3.63) is 0 Å². The van der Waals surface area contributed by atoms with Gasteiger partial charge in [-0.25, -0.2) is 4.79 Å². The van der Waals surface area contributed by atoms with E-state index >= 15 is 0 Å². The molecule has 0 spiro atoms. The van der Waals surface area contributed by atoms with E-state index in [0.29, 0.717) is 6.42 Å². The van der Waals surface area contributed by atoms with Crippen molar-refractivity contribution in [1.29, 1.82) is 0 Å². The number of aliphatic carboxylic acids is 3. The van der Waals surface area contributed by atoms with Gasteiger partial charge in [0.05, 0.1) is 12.5 Å². The van der Waals surface area contributed by atoms with Crippen LogP contribution in [-0.4, -0.2) is 75.1 Å². The fourth-order valence-electron chi connectivity index (χ4n) is 2.79. The summed E-state index contributed by atoms with van der Waals surface area (Å²) in [7, 11) is 0. The first kappa shape index (κ1) is 29.8. The van der Waals surface area contributed by atoms with Crippen LogP contribution in [0.2, 0.25) is 0 Å². The molecule has 5 unspecified atom stereocenters. The molecule has 0 aromatic carbocycles. The number of carboxylic acid groups (broad SMARTS) is 3. The summed E-state index contributed by atoms with van der Waals surface area (Å²) >= 11 is 0. The zero-order chi connectivity index (χ0) is 25.9. The Bertz CT molecular complexity index is 741. The van der Waals surface area contributed by atoms with Crippen molar-refractivity contribution in [2.24, 2.45) is 17.6 Å². The smallest absolute Gasteiger partial charge is 0.326 e. The maximum absolute atomic E-state index is 12.9. The monoisotopic (exact) mass is 474 g/mol. The molecule has 0 fully saturated rings. The average molecular weight is 475 g/mol. The topological polar surface area (TPSA) is 225 Å². The van der Waals surface area contributed by atoms with Crippen LogP contribution in [0, 0.1) is 11.8 Å². The lowest BCUT2D eigenvalue weighted by atomic mass is 9.97. The molecule has 0 aliphatic carbocycles. The third-order valence-corrected chi connectivity index (χ3v) is 5.04. The van der Waals surface area contributed by atoms with Gasteiger partial charge in [0.2, 0.25) is 17.7 Å². The van der Waals surface area contributed by atoms with Crippen molar-refractivity contribution < 1.29 is 44.1 Å². The van der Waals surface area contributed by atoms with E-state index in [0.717, 1.165) is 0 Å². The second kappa shape index (κ2) is 14.0. The molecule has 0 aromatic heterocycles. The van der Waals surface area contributed by atoms with E-state index in [4.69, 9.17) is 15.9 Å². The highest BCUT2D eigenvalue weighted by Gasteiger charge is 2.34. The van der Waals surface area contributed by atoms with Crippen LogP contribution in [0.5, 0.6) is 0 Å². The molecule has 0 heterocycles. The van der Waals surface area contributed by atoms with Gasteiger partial charge in [0.15, 0.2) is 0 Å². The van der Waals surface area contributed by atoms with Gasteiger partial charge in [-0.3, -0.25) is 24.0 Å². The fourth-order valence-corrected chi connectivity index (χ4v) is 2.79. The first-order chi connectivity index (χ1) is 15.2. The van der Waals surface area contributed by atoms with Crippen LogP contribution in [0.3, 0.4) is 0 Å². The van der Waals surface area contributed by atoms with Gasteiger partial charge >= 0.3 is 17.9 Å². The first-order valence-electron chi connectivity index (χ1n) is 10.5. The Balaban J connectivity index is 5.54. The Kier molecular flexibility index (Phi) is 12.7. The van der Waals surface area contributed by atoms with Gasteiger partial charge in [-0.1, -0.05) is 34.1 Å². The molecule has 188 valence electrons. The molecule has 8 N–H and O–H groups in total. The van der Waals surface area contributed by atoms with Crippen LogP contribution in [-0.2, 0) is 28.8 Å².